The number of ether oxygens (including phenoxy) is 2. The number of aryl methyl sites for hydroxylation is 1. The van der Waals surface area contributed by atoms with Crippen molar-refractivity contribution in [3.8, 4) is 11.5 Å². The molecule has 170 valence electrons. The number of benzene rings is 2. The molecule has 2 aromatic rings. The first-order valence-electron chi connectivity index (χ1n) is 11.1. The van der Waals surface area contributed by atoms with Crippen LogP contribution < -0.4 is 4.74 Å². The molecule has 0 bridgehead atoms. The van der Waals surface area contributed by atoms with Crippen LogP contribution in [0.25, 0.3) is 0 Å². The molecule has 3 rings (SSSR count). The van der Waals surface area contributed by atoms with Crippen molar-refractivity contribution in [2.45, 2.75) is 88.4 Å². The van der Waals surface area contributed by atoms with E-state index in [-0.39, 0.29) is 12.0 Å². The van der Waals surface area contributed by atoms with Crippen LogP contribution in [0.3, 0.4) is 0 Å². The Balaban J connectivity index is 2.22. The van der Waals surface area contributed by atoms with Gasteiger partial charge < -0.3 is 9.47 Å². The summed E-state index contributed by atoms with van der Waals surface area (Å²) in [7, 11) is -2.00. The van der Waals surface area contributed by atoms with Gasteiger partial charge in [0.1, 0.15) is 10.6 Å². The summed E-state index contributed by atoms with van der Waals surface area (Å²) in [6.45, 7) is 10.4. The molecule has 31 heavy (non-hydrogen) atoms. The molecular weight excluding hydrogens is 408 g/mol. The summed E-state index contributed by atoms with van der Waals surface area (Å²) in [4.78, 5) is 0.315. The molecule has 1 saturated carbocycles. The molecule has 0 unspecified atom stereocenters. The van der Waals surface area contributed by atoms with Gasteiger partial charge in [-0.2, -0.15) is 0 Å². The van der Waals surface area contributed by atoms with Crippen LogP contribution in [0.15, 0.2) is 41.3 Å². The summed E-state index contributed by atoms with van der Waals surface area (Å²) in [5, 5.41) is 0. The molecular formula is C26H36O4S. The van der Waals surface area contributed by atoms with E-state index in [4.69, 9.17) is 9.47 Å². The predicted octanol–water partition coefficient (Wildman–Crippen LogP) is 6.73. The van der Waals surface area contributed by atoms with Crippen molar-refractivity contribution in [3.63, 3.8) is 0 Å². The minimum atomic E-state index is -3.61. The van der Waals surface area contributed by atoms with E-state index in [1.165, 1.54) is 0 Å². The lowest BCUT2D eigenvalue weighted by molar-refractivity contribution is 0.182. The van der Waals surface area contributed by atoms with Crippen molar-refractivity contribution in [1.29, 1.82) is 0 Å². The molecule has 0 saturated heterocycles. The molecule has 0 radical (unpaired) electrons. The van der Waals surface area contributed by atoms with E-state index in [1.54, 1.807) is 7.11 Å². The molecule has 1 aliphatic carbocycles. The molecule has 1 fully saturated rings. The van der Waals surface area contributed by atoms with Gasteiger partial charge in [-0.1, -0.05) is 70.4 Å². The van der Waals surface area contributed by atoms with Gasteiger partial charge in [0, 0.05) is 18.2 Å². The van der Waals surface area contributed by atoms with Gasteiger partial charge in [-0.15, -0.1) is 0 Å². The van der Waals surface area contributed by atoms with Gasteiger partial charge >= 0.3 is 0 Å². The number of methoxy groups -OCH3 is 1. The summed E-state index contributed by atoms with van der Waals surface area (Å²) in [6, 6.07) is 11.6. The van der Waals surface area contributed by atoms with Crippen molar-refractivity contribution < 1.29 is 17.9 Å². The van der Waals surface area contributed by atoms with Crippen LogP contribution in [0.1, 0.15) is 76.5 Å². The Labute approximate surface area is 187 Å². The second-order valence-electron chi connectivity index (χ2n) is 10.00. The van der Waals surface area contributed by atoms with Crippen LogP contribution in [0.2, 0.25) is 0 Å². The third-order valence-corrected chi connectivity index (χ3v) is 9.18. The SMILES string of the molecule is COCc1ccc(C)c(S(=O)(=O)C2(C)CCCCC2)c1Oc1ccccc1C(C)(C)C. The molecule has 0 N–H and O–H groups in total. The molecule has 0 amide bonds. The summed E-state index contributed by atoms with van der Waals surface area (Å²) in [6.07, 6.45) is 4.34. The average molecular weight is 445 g/mol. The highest BCUT2D eigenvalue weighted by molar-refractivity contribution is 7.93. The third-order valence-electron chi connectivity index (χ3n) is 6.43. The topological polar surface area (TPSA) is 52.6 Å². The average Bonchev–Trinajstić information content (AvgIpc) is 2.70. The maximum atomic E-state index is 14.1. The van der Waals surface area contributed by atoms with Crippen LogP contribution in [0, 0.1) is 6.92 Å². The fourth-order valence-electron chi connectivity index (χ4n) is 4.52. The van der Waals surface area contributed by atoms with E-state index in [0.717, 1.165) is 36.0 Å². The Morgan fingerprint density at radius 1 is 1.00 bits per heavy atom. The highest BCUT2D eigenvalue weighted by atomic mass is 32.2. The lowest BCUT2D eigenvalue weighted by Gasteiger charge is -2.34. The van der Waals surface area contributed by atoms with E-state index in [9.17, 15) is 8.42 Å². The first kappa shape index (κ1) is 23.8. The van der Waals surface area contributed by atoms with Gasteiger partial charge in [0.25, 0.3) is 0 Å². The van der Waals surface area contributed by atoms with Crippen molar-refractivity contribution in [2.24, 2.45) is 0 Å². The largest absolute Gasteiger partial charge is 0.455 e. The van der Waals surface area contributed by atoms with Gasteiger partial charge in [0.15, 0.2) is 15.6 Å². The summed E-state index contributed by atoms with van der Waals surface area (Å²) >= 11 is 0. The molecule has 2 aromatic carbocycles. The summed E-state index contributed by atoms with van der Waals surface area (Å²) in [5.41, 5.74) is 2.35. The standard InChI is InChI=1S/C26H36O4S/c1-19-14-15-20(18-29-6)23(30-22-13-9-8-12-21(22)25(2,3)4)24(19)31(27,28)26(5)16-10-7-11-17-26/h8-9,12-15H,7,10-11,16-18H2,1-6H3. The molecule has 4 nitrogen and oxygen atoms in total. The van der Waals surface area contributed by atoms with E-state index in [0.29, 0.717) is 29.2 Å². The van der Waals surface area contributed by atoms with Crippen molar-refractivity contribution in [1.82, 2.24) is 0 Å². The normalized spacial score (nSPS) is 16.8. The summed E-state index contributed by atoms with van der Waals surface area (Å²) < 4.78 is 39.2. The number of hydrogen-bond donors (Lipinski definition) is 0. The van der Waals surface area contributed by atoms with Crippen LogP contribution in [-0.4, -0.2) is 20.3 Å². The Hall–Kier alpha value is -1.85. The van der Waals surface area contributed by atoms with Gasteiger partial charge in [-0.05, 0) is 43.7 Å². The molecule has 0 spiro atoms. The Bertz CT molecular complexity index is 1030. The minimum Gasteiger partial charge on any atom is -0.455 e. The minimum absolute atomic E-state index is 0.143. The maximum Gasteiger partial charge on any atom is 0.187 e. The molecule has 0 aliphatic heterocycles. The second kappa shape index (κ2) is 8.95. The Morgan fingerprint density at radius 3 is 2.26 bits per heavy atom. The maximum absolute atomic E-state index is 14.1. The van der Waals surface area contributed by atoms with Crippen LogP contribution in [0.4, 0.5) is 0 Å². The number of hydrogen-bond acceptors (Lipinski definition) is 4. The van der Waals surface area contributed by atoms with Gasteiger partial charge in [-0.25, -0.2) is 8.42 Å². The lowest BCUT2D eigenvalue weighted by atomic mass is 9.86. The van der Waals surface area contributed by atoms with Gasteiger partial charge in [0.2, 0.25) is 0 Å². The van der Waals surface area contributed by atoms with Crippen molar-refractivity contribution in [2.75, 3.05) is 7.11 Å². The highest BCUT2D eigenvalue weighted by Crippen LogP contribution is 2.45. The zero-order chi connectivity index (χ0) is 22.9. The smallest absolute Gasteiger partial charge is 0.187 e. The molecule has 0 heterocycles. The first-order valence-corrected chi connectivity index (χ1v) is 12.6. The Kier molecular flexibility index (Phi) is 6.87. The zero-order valence-electron chi connectivity index (χ0n) is 19.7. The van der Waals surface area contributed by atoms with Crippen LogP contribution in [-0.2, 0) is 26.6 Å². The molecule has 1 aliphatic rings. The van der Waals surface area contributed by atoms with Gasteiger partial charge in [-0.3, -0.25) is 0 Å². The molecule has 0 aromatic heterocycles. The Morgan fingerprint density at radius 2 is 1.65 bits per heavy atom. The van der Waals surface area contributed by atoms with E-state index >= 15 is 0 Å². The number of sulfone groups is 1. The van der Waals surface area contributed by atoms with Crippen molar-refractivity contribution >= 4 is 9.84 Å². The van der Waals surface area contributed by atoms with Crippen molar-refractivity contribution in [3.05, 3.63) is 53.1 Å². The van der Waals surface area contributed by atoms with Crippen LogP contribution >= 0.6 is 0 Å². The molecule has 0 atom stereocenters. The number of rotatable bonds is 6. The predicted molar refractivity (Wildman–Crippen MR) is 126 cm³/mol. The van der Waals surface area contributed by atoms with E-state index in [2.05, 4.69) is 20.8 Å². The lowest BCUT2D eigenvalue weighted by Crippen LogP contribution is -2.38. The fraction of sp³-hybridized carbons (Fsp3) is 0.538. The van der Waals surface area contributed by atoms with Gasteiger partial charge in [0.05, 0.1) is 11.4 Å². The first-order chi connectivity index (χ1) is 14.5. The van der Waals surface area contributed by atoms with E-state index in [1.807, 2.05) is 50.2 Å². The molecule has 5 heteroatoms. The third kappa shape index (κ3) is 4.68. The van der Waals surface area contributed by atoms with Crippen LogP contribution in [0.5, 0.6) is 11.5 Å². The monoisotopic (exact) mass is 444 g/mol. The number of para-hydroxylation sites is 1. The fourth-order valence-corrected chi connectivity index (χ4v) is 6.74. The quantitative estimate of drug-likeness (QED) is 0.496. The second-order valence-corrected chi connectivity index (χ2v) is 12.4. The zero-order valence-corrected chi connectivity index (χ0v) is 20.6. The summed E-state index contributed by atoms with van der Waals surface area (Å²) in [5.74, 6) is 1.09. The highest BCUT2D eigenvalue weighted by Gasteiger charge is 2.44. The van der Waals surface area contributed by atoms with E-state index < -0.39 is 14.6 Å².